The Balaban J connectivity index is 2.06. The Bertz CT molecular complexity index is 521. The highest BCUT2D eigenvalue weighted by atomic mass is 16.5. The maximum absolute atomic E-state index is 11.5. The van der Waals surface area contributed by atoms with Gasteiger partial charge in [0.25, 0.3) is 0 Å². The normalized spacial score (nSPS) is 21.6. The van der Waals surface area contributed by atoms with Crippen LogP contribution >= 0.6 is 0 Å². The number of benzene rings is 2. The largest absolute Gasteiger partial charge is 0.474 e. The molecule has 2 aromatic rings. The molecule has 0 amide bonds. The lowest BCUT2D eigenvalue weighted by atomic mass is 9.91. The van der Waals surface area contributed by atoms with Crippen molar-refractivity contribution >= 4 is 6.29 Å². The molecule has 0 radical (unpaired) electrons. The zero-order valence-electron chi connectivity index (χ0n) is 9.30. The number of carbonyl (C=O) groups is 1. The molecule has 17 heavy (non-hydrogen) atoms. The van der Waals surface area contributed by atoms with E-state index in [9.17, 15) is 4.79 Å². The first kappa shape index (κ1) is 10.1. The van der Waals surface area contributed by atoms with Gasteiger partial charge in [0.05, 0.1) is 0 Å². The molecule has 0 aromatic heterocycles. The second kappa shape index (κ2) is 3.74. The van der Waals surface area contributed by atoms with Crippen molar-refractivity contribution in [1.82, 2.24) is 0 Å². The van der Waals surface area contributed by atoms with E-state index in [1.807, 2.05) is 54.6 Å². The van der Waals surface area contributed by atoms with Crippen LogP contribution in [0.5, 0.6) is 5.75 Å². The number of para-hydroxylation sites is 1. The number of carbonyl (C=O) groups excluding carboxylic acids is 1. The van der Waals surface area contributed by atoms with Gasteiger partial charge in [0.2, 0.25) is 0 Å². The van der Waals surface area contributed by atoms with Gasteiger partial charge in [-0.25, -0.2) is 0 Å². The lowest BCUT2D eigenvalue weighted by molar-refractivity contribution is -0.120. The van der Waals surface area contributed by atoms with Gasteiger partial charge in [0.1, 0.15) is 5.75 Å². The Kier molecular flexibility index (Phi) is 2.22. The molecule has 1 aliphatic heterocycles. The van der Waals surface area contributed by atoms with Gasteiger partial charge < -0.3 is 4.74 Å². The van der Waals surface area contributed by atoms with Gasteiger partial charge in [-0.05, 0) is 11.6 Å². The molecule has 2 nitrogen and oxygen atoms in total. The van der Waals surface area contributed by atoms with Crippen LogP contribution in [0.3, 0.4) is 0 Å². The fourth-order valence-corrected chi connectivity index (χ4v) is 2.28. The summed E-state index contributed by atoms with van der Waals surface area (Å²) >= 11 is 0. The Morgan fingerprint density at radius 2 is 1.71 bits per heavy atom. The van der Waals surface area contributed by atoms with Crippen molar-refractivity contribution in [2.75, 3.05) is 0 Å². The minimum absolute atomic E-state index is 0.608. The predicted octanol–water partition coefficient (Wildman–Crippen LogP) is 2.72. The van der Waals surface area contributed by atoms with E-state index in [4.69, 9.17) is 4.74 Å². The fraction of sp³-hybridized carbons (Fsp3) is 0.133. The van der Waals surface area contributed by atoms with Gasteiger partial charge in [-0.3, -0.25) is 4.79 Å². The Hall–Kier alpha value is -2.09. The Morgan fingerprint density at radius 1 is 1.00 bits per heavy atom. The molecule has 1 aliphatic rings. The number of rotatable bonds is 2. The van der Waals surface area contributed by atoms with Crippen LogP contribution in [-0.2, 0) is 16.8 Å². The maximum Gasteiger partial charge on any atom is 0.193 e. The molecule has 0 spiro atoms. The van der Waals surface area contributed by atoms with Crippen LogP contribution in [0.4, 0.5) is 0 Å². The topological polar surface area (TPSA) is 26.3 Å². The molecule has 0 bridgehead atoms. The molecule has 0 saturated carbocycles. The van der Waals surface area contributed by atoms with Crippen LogP contribution in [0.15, 0.2) is 54.6 Å². The first-order chi connectivity index (χ1) is 8.34. The van der Waals surface area contributed by atoms with E-state index in [1.165, 1.54) is 0 Å². The number of aldehydes is 1. The summed E-state index contributed by atoms with van der Waals surface area (Å²) in [6, 6.07) is 17.4. The van der Waals surface area contributed by atoms with Crippen LogP contribution in [0.2, 0.25) is 0 Å². The van der Waals surface area contributed by atoms with Crippen molar-refractivity contribution in [2.45, 2.75) is 12.0 Å². The second-order valence-electron chi connectivity index (χ2n) is 4.26. The third kappa shape index (κ3) is 1.53. The molecule has 0 fully saturated rings. The van der Waals surface area contributed by atoms with Gasteiger partial charge in [-0.15, -0.1) is 0 Å². The molecule has 1 heterocycles. The number of hydrogen-bond acceptors (Lipinski definition) is 2. The van der Waals surface area contributed by atoms with E-state index in [0.717, 1.165) is 23.2 Å². The highest BCUT2D eigenvalue weighted by molar-refractivity contribution is 5.70. The van der Waals surface area contributed by atoms with E-state index < -0.39 is 5.60 Å². The third-order valence-corrected chi connectivity index (χ3v) is 3.17. The van der Waals surface area contributed by atoms with Crippen molar-refractivity contribution in [3.05, 3.63) is 65.7 Å². The molecule has 1 atom stereocenters. The molecule has 0 N–H and O–H groups in total. The van der Waals surface area contributed by atoms with Crippen LogP contribution < -0.4 is 4.74 Å². The lowest BCUT2D eigenvalue weighted by Gasteiger charge is -2.22. The standard InChI is InChI=1S/C15H12O2/c16-11-15(13-7-2-1-3-8-13)10-12-6-4-5-9-14(12)17-15/h1-9,11H,10H2. The first-order valence-electron chi connectivity index (χ1n) is 5.63. The summed E-state index contributed by atoms with van der Waals surface area (Å²) in [6.45, 7) is 0. The molecule has 1 unspecified atom stereocenters. The van der Waals surface area contributed by atoms with E-state index in [1.54, 1.807) is 0 Å². The van der Waals surface area contributed by atoms with Crippen molar-refractivity contribution in [3.63, 3.8) is 0 Å². The zero-order chi connectivity index (χ0) is 11.7. The summed E-state index contributed by atoms with van der Waals surface area (Å²) in [5, 5.41) is 0. The molecule has 0 aliphatic carbocycles. The highest BCUT2D eigenvalue weighted by Gasteiger charge is 2.40. The highest BCUT2D eigenvalue weighted by Crippen LogP contribution is 2.39. The van der Waals surface area contributed by atoms with Crippen molar-refractivity contribution in [3.8, 4) is 5.75 Å². The van der Waals surface area contributed by atoms with Crippen molar-refractivity contribution < 1.29 is 9.53 Å². The summed E-state index contributed by atoms with van der Waals surface area (Å²) in [5.74, 6) is 0.809. The van der Waals surface area contributed by atoms with Crippen molar-refractivity contribution in [2.24, 2.45) is 0 Å². The van der Waals surface area contributed by atoms with Crippen LogP contribution in [0.1, 0.15) is 11.1 Å². The minimum atomic E-state index is -0.842. The number of fused-ring (bicyclic) bond motifs is 1. The molecule has 2 aromatic carbocycles. The van der Waals surface area contributed by atoms with Crippen LogP contribution in [0.25, 0.3) is 0 Å². The van der Waals surface area contributed by atoms with Gasteiger partial charge in [0.15, 0.2) is 11.9 Å². The second-order valence-corrected chi connectivity index (χ2v) is 4.26. The van der Waals surface area contributed by atoms with Gasteiger partial charge in [0, 0.05) is 12.0 Å². The molecule has 84 valence electrons. The molecule has 3 rings (SSSR count). The fourth-order valence-electron chi connectivity index (χ4n) is 2.28. The Labute approximate surface area is 99.9 Å². The minimum Gasteiger partial charge on any atom is -0.474 e. The lowest BCUT2D eigenvalue weighted by Crippen LogP contribution is -2.32. The van der Waals surface area contributed by atoms with Gasteiger partial charge in [-0.1, -0.05) is 48.5 Å². The molecular formula is C15H12O2. The molecule has 2 heteroatoms. The predicted molar refractivity (Wildman–Crippen MR) is 65.0 cm³/mol. The monoisotopic (exact) mass is 224 g/mol. The summed E-state index contributed by atoms with van der Waals surface area (Å²) in [5.41, 5.74) is 1.15. The summed E-state index contributed by atoms with van der Waals surface area (Å²) in [7, 11) is 0. The third-order valence-electron chi connectivity index (χ3n) is 3.17. The van der Waals surface area contributed by atoms with E-state index in [0.29, 0.717) is 6.42 Å². The van der Waals surface area contributed by atoms with Crippen molar-refractivity contribution in [1.29, 1.82) is 0 Å². The molecule has 0 saturated heterocycles. The smallest absolute Gasteiger partial charge is 0.193 e. The van der Waals surface area contributed by atoms with Crippen LogP contribution in [0, 0.1) is 0 Å². The van der Waals surface area contributed by atoms with E-state index in [-0.39, 0.29) is 0 Å². The van der Waals surface area contributed by atoms with Gasteiger partial charge >= 0.3 is 0 Å². The number of hydrogen-bond donors (Lipinski definition) is 0. The summed E-state index contributed by atoms with van der Waals surface area (Å²) in [6.07, 6.45) is 1.51. The number of ether oxygens (including phenoxy) is 1. The molecular weight excluding hydrogens is 212 g/mol. The van der Waals surface area contributed by atoms with E-state index in [2.05, 4.69) is 0 Å². The SMILES string of the molecule is O=CC1(c2ccccc2)Cc2ccccc2O1. The first-order valence-corrected chi connectivity index (χ1v) is 5.63. The average molecular weight is 224 g/mol. The van der Waals surface area contributed by atoms with Crippen LogP contribution in [-0.4, -0.2) is 6.29 Å². The Morgan fingerprint density at radius 3 is 2.41 bits per heavy atom. The quantitative estimate of drug-likeness (QED) is 0.733. The van der Waals surface area contributed by atoms with E-state index >= 15 is 0 Å². The van der Waals surface area contributed by atoms with Gasteiger partial charge in [-0.2, -0.15) is 0 Å². The average Bonchev–Trinajstić information content (AvgIpc) is 2.79. The zero-order valence-corrected chi connectivity index (χ0v) is 9.30. The maximum atomic E-state index is 11.5. The summed E-state index contributed by atoms with van der Waals surface area (Å²) < 4.78 is 5.86. The summed E-state index contributed by atoms with van der Waals surface area (Å²) in [4.78, 5) is 11.5.